The van der Waals surface area contributed by atoms with Gasteiger partial charge in [0.2, 0.25) is 5.91 Å². The maximum atomic E-state index is 12.2. The van der Waals surface area contributed by atoms with Crippen LogP contribution in [0.1, 0.15) is 12.2 Å². The van der Waals surface area contributed by atoms with Gasteiger partial charge < -0.3 is 19.4 Å². The first-order valence-corrected chi connectivity index (χ1v) is 8.89. The Morgan fingerprint density at radius 1 is 1.26 bits per heavy atom. The summed E-state index contributed by atoms with van der Waals surface area (Å²) in [7, 11) is 0. The SMILES string of the molecule is O=C(COC(=O)[C@H]1CC(=O)N(Cc2ccco2)C1)Nc1cc(Cl)cc(Cl)c1. The van der Waals surface area contributed by atoms with Gasteiger partial charge >= 0.3 is 5.97 Å². The Hall–Kier alpha value is -2.51. The number of halogens is 2. The van der Waals surface area contributed by atoms with Crippen LogP contribution in [-0.2, 0) is 25.7 Å². The highest BCUT2D eigenvalue weighted by Crippen LogP contribution is 2.23. The first kappa shape index (κ1) is 19.3. The molecular weight excluding hydrogens is 395 g/mol. The quantitative estimate of drug-likeness (QED) is 0.738. The van der Waals surface area contributed by atoms with Crippen LogP contribution >= 0.6 is 23.2 Å². The molecule has 1 atom stereocenters. The number of nitrogens with zero attached hydrogens (tertiary/aromatic N) is 1. The van der Waals surface area contributed by atoms with Crippen molar-refractivity contribution >= 4 is 46.7 Å². The van der Waals surface area contributed by atoms with Crippen molar-refractivity contribution in [3.8, 4) is 0 Å². The molecule has 0 saturated carbocycles. The topological polar surface area (TPSA) is 88.9 Å². The molecule has 27 heavy (non-hydrogen) atoms. The van der Waals surface area contributed by atoms with Crippen molar-refractivity contribution < 1.29 is 23.5 Å². The Morgan fingerprint density at radius 2 is 2.00 bits per heavy atom. The number of hydrogen-bond acceptors (Lipinski definition) is 5. The highest BCUT2D eigenvalue weighted by Gasteiger charge is 2.35. The molecule has 9 heteroatoms. The van der Waals surface area contributed by atoms with E-state index in [1.54, 1.807) is 12.1 Å². The molecule has 3 rings (SSSR count). The number of likely N-dealkylation sites (tertiary alicyclic amines) is 1. The van der Waals surface area contributed by atoms with Gasteiger partial charge in [-0.2, -0.15) is 0 Å². The fourth-order valence-corrected chi connectivity index (χ4v) is 3.28. The van der Waals surface area contributed by atoms with E-state index >= 15 is 0 Å². The lowest BCUT2D eigenvalue weighted by atomic mass is 10.1. The zero-order chi connectivity index (χ0) is 19.4. The fraction of sp³-hybridized carbons (Fsp3) is 0.278. The number of amides is 2. The summed E-state index contributed by atoms with van der Waals surface area (Å²) in [6.07, 6.45) is 1.57. The largest absolute Gasteiger partial charge is 0.467 e. The number of anilines is 1. The number of carbonyl (C=O) groups excluding carboxylic acids is 3. The Morgan fingerprint density at radius 3 is 2.67 bits per heavy atom. The predicted octanol–water partition coefficient (Wildman–Crippen LogP) is 3.12. The molecular formula is C18H16Cl2N2O5. The second kappa shape index (κ2) is 8.45. The molecule has 0 bridgehead atoms. The third-order valence-corrected chi connectivity index (χ3v) is 4.40. The van der Waals surface area contributed by atoms with Gasteiger partial charge in [0.1, 0.15) is 5.76 Å². The number of carbonyl (C=O) groups is 3. The van der Waals surface area contributed by atoms with Gasteiger partial charge in [0.15, 0.2) is 6.61 Å². The molecule has 1 aliphatic heterocycles. The smallest absolute Gasteiger partial charge is 0.311 e. The second-order valence-corrected chi connectivity index (χ2v) is 6.94. The monoisotopic (exact) mass is 410 g/mol. The lowest BCUT2D eigenvalue weighted by Gasteiger charge is -2.14. The minimum Gasteiger partial charge on any atom is -0.467 e. The maximum Gasteiger partial charge on any atom is 0.311 e. The molecule has 2 amide bonds. The Bertz CT molecular complexity index is 833. The van der Waals surface area contributed by atoms with E-state index in [-0.39, 0.29) is 18.9 Å². The van der Waals surface area contributed by atoms with Crippen LogP contribution in [0.4, 0.5) is 5.69 Å². The van der Waals surface area contributed by atoms with Crippen molar-refractivity contribution in [3.05, 3.63) is 52.4 Å². The molecule has 2 heterocycles. The zero-order valence-electron chi connectivity index (χ0n) is 14.1. The normalized spacial score (nSPS) is 16.4. The van der Waals surface area contributed by atoms with E-state index in [1.807, 2.05) is 0 Å². The standard InChI is InChI=1S/C18H16Cl2N2O5/c19-12-5-13(20)7-14(6-12)21-16(23)10-27-18(25)11-4-17(24)22(8-11)9-15-2-1-3-26-15/h1-3,5-7,11H,4,8-10H2,(H,21,23)/t11-/m0/s1. The van der Waals surface area contributed by atoms with Crippen LogP contribution in [0.25, 0.3) is 0 Å². The number of benzene rings is 1. The number of nitrogens with one attached hydrogen (secondary N) is 1. The number of hydrogen-bond donors (Lipinski definition) is 1. The van der Waals surface area contributed by atoms with Gasteiger partial charge in [-0.1, -0.05) is 23.2 Å². The molecule has 1 aromatic heterocycles. The van der Waals surface area contributed by atoms with Gasteiger partial charge in [-0.15, -0.1) is 0 Å². The summed E-state index contributed by atoms with van der Waals surface area (Å²) >= 11 is 11.7. The summed E-state index contributed by atoms with van der Waals surface area (Å²) in [6.45, 7) is 0.0569. The first-order chi connectivity index (χ1) is 12.9. The van der Waals surface area contributed by atoms with E-state index in [2.05, 4.69) is 5.32 Å². The molecule has 0 unspecified atom stereocenters. The van der Waals surface area contributed by atoms with E-state index in [0.29, 0.717) is 28.0 Å². The Balaban J connectivity index is 1.47. The molecule has 0 radical (unpaired) electrons. The van der Waals surface area contributed by atoms with Crippen LogP contribution in [-0.4, -0.2) is 35.8 Å². The van der Waals surface area contributed by atoms with Crippen LogP contribution in [0.2, 0.25) is 10.0 Å². The molecule has 1 aromatic carbocycles. The molecule has 1 aliphatic rings. The van der Waals surface area contributed by atoms with Crippen LogP contribution in [0.3, 0.4) is 0 Å². The zero-order valence-corrected chi connectivity index (χ0v) is 15.6. The minimum atomic E-state index is -0.610. The van der Waals surface area contributed by atoms with E-state index < -0.39 is 24.4 Å². The molecule has 1 N–H and O–H groups in total. The van der Waals surface area contributed by atoms with Crippen molar-refractivity contribution in [2.24, 2.45) is 5.92 Å². The van der Waals surface area contributed by atoms with Crippen molar-refractivity contribution in [2.45, 2.75) is 13.0 Å². The lowest BCUT2D eigenvalue weighted by Crippen LogP contribution is -2.28. The molecule has 1 saturated heterocycles. The third kappa shape index (κ3) is 5.24. The second-order valence-electron chi connectivity index (χ2n) is 6.07. The number of furan rings is 1. The predicted molar refractivity (Wildman–Crippen MR) is 98.3 cm³/mol. The maximum absolute atomic E-state index is 12.2. The summed E-state index contributed by atoms with van der Waals surface area (Å²) in [5.41, 5.74) is 0.397. The molecule has 0 aliphatic carbocycles. The van der Waals surface area contributed by atoms with Crippen LogP contribution in [0.15, 0.2) is 41.0 Å². The van der Waals surface area contributed by atoms with Crippen LogP contribution in [0, 0.1) is 5.92 Å². The highest BCUT2D eigenvalue weighted by molar-refractivity contribution is 6.35. The van der Waals surface area contributed by atoms with Gasteiger partial charge in [-0.05, 0) is 30.3 Å². The molecule has 2 aromatic rings. The van der Waals surface area contributed by atoms with Gasteiger partial charge in [-0.25, -0.2) is 0 Å². The Kier molecular flexibility index (Phi) is 6.03. The van der Waals surface area contributed by atoms with Crippen molar-refractivity contribution in [1.29, 1.82) is 0 Å². The fourth-order valence-electron chi connectivity index (χ4n) is 2.75. The molecule has 142 valence electrons. The summed E-state index contributed by atoms with van der Waals surface area (Å²) in [5, 5.41) is 3.28. The van der Waals surface area contributed by atoms with E-state index in [9.17, 15) is 14.4 Å². The lowest BCUT2D eigenvalue weighted by molar-refractivity contribution is -0.151. The van der Waals surface area contributed by atoms with Crippen molar-refractivity contribution in [1.82, 2.24) is 4.90 Å². The summed E-state index contributed by atoms with van der Waals surface area (Å²) < 4.78 is 10.2. The number of rotatable bonds is 6. The highest BCUT2D eigenvalue weighted by atomic mass is 35.5. The Labute approximate surface area is 165 Å². The van der Waals surface area contributed by atoms with Gasteiger partial charge in [0.25, 0.3) is 5.91 Å². The molecule has 7 nitrogen and oxygen atoms in total. The third-order valence-electron chi connectivity index (χ3n) is 3.97. The summed E-state index contributed by atoms with van der Waals surface area (Å²) in [4.78, 5) is 37.6. The number of esters is 1. The molecule has 1 fully saturated rings. The molecule has 0 spiro atoms. The van der Waals surface area contributed by atoms with Gasteiger partial charge in [0, 0.05) is 28.7 Å². The summed E-state index contributed by atoms with van der Waals surface area (Å²) in [6, 6.07) is 8.06. The minimum absolute atomic E-state index is 0.0467. The number of ether oxygens (including phenoxy) is 1. The van der Waals surface area contributed by atoms with Crippen LogP contribution < -0.4 is 5.32 Å². The first-order valence-electron chi connectivity index (χ1n) is 8.13. The van der Waals surface area contributed by atoms with Crippen molar-refractivity contribution in [3.63, 3.8) is 0 Å². The van der Waals surface area contributed by atoms with E-state index in [4.69, 9.17) is 32.4 Å². The van der Waals surface area contributed by atoms with Gasteiger partial charge in [-0.3, -0.25) is 14.4 Å². The van der Waals surface area contributed by atoms with E-state index in [1.165, 1.54) is 29.4 Å². The van der Waals surface area contributed by atoms with Crippen LogP contribution in [0.5, 0.6) is 0 Å². The van der Waals surface area contributed by atoms with Crippen molar-refractivity contribution in [2.75, 3.05) is 18.5 Å². The van der Waals surface area contributed by atoms with E-state index in [0.717, 1.165) is 0 Å². The summed E-state index contributed by atoms with van der Waals surface area (Å²) in [5.74, 6) is -1.26. The average molecular weight is 411 g/mol. The van der Waals surface area contributed by atoms with Gasteiger partial charge in [0.05, 0.1) is 18.7 Å². The average Bonchev–Trinajstić information content (AvgIpc) is 3.22.